The number of hydrogen-bond acceptors (Lipinski definition) is 4. The minimum Gasteiger partial charge on any atom is -0.356 e. The fourth-order valence-corrected chi connectivity index (χ4v) is 5.29. The Bertz CT molecular complexity index is 1100. The average molecular weight is 477 g/mol. The largest absolute Gasteiger partial charge is 0.356 e. The van der Waals surface area contributed by atoms with Crippen molar-refractivity contribution in [2.24, 2.45) is 0 Å². The van der Waals surface area contributed by atoms with Crippen LogP contribution < -0.4 is 5.32 Å². The molecule has 0 radical (unpaired) electrons. The van der Waals surface area contributed by atoms with Crippen molar-refractivity contribution in [2.45, 2.75) is 44.7 Å². The van der Waals surface area contributed by atoms with Crippen LogP contribution in [0.2, 0.25) is 5.02 Å². The van der Waals surface area contributed by atoms with Crippen molar-refractivity contribution < 1.29 is 23.7 Å². The monoisotopic (exact) mass is 476 g/mol. The van der Waals surface area contributed by atoms with Crippen LogP contribution in [0, 0.1) is 0 Å². The third-order valence-corrected chi connectivity index (χ3v) is 8.06. The summed E-state index contributed by atoms with van der Waals surface area (Å²) in [7, 11) is -4.35. The fourth-order valence-electron chi connectivity index (χ4n) is 3.85. The van der Waals surface area contributed by atoms with E-state index in [1.807, 2.05) is 12.1 Å². The van der Waals surface area contributed by atoms with Crippen molar-refractivity contribution in [2.75, 3.05) is 5.32 Å². The number of carbonyl (C=O) groups is 1. The van der Waals surface area contributed by atoms with Gasteiger partial charge in [0.05, 0.1) is 11.4 Å². The molecule has 0 atom stereocenters. The smallest absolute Gasteiger partial charge is 0.335 e. The number of aromatic nitrogens is 1. The topological polar surface area (TPSA) is 113 Å². The lowest BCUT2D eigenvalue weighted by molar-refractivity contribution is -0.116. The van der Waals surface area contributed by atoms with E-state index in [1.54, 1.807) is 56.4 Å². The standard InChI is InChI=1S/C23H26ClN2O5P/c1-3-23(4-2,32(28,29)30)18-8-12-20(13-9-18)26-21(27)14-7-17-15-25-31-22(17)16-5-10-19(24)11-6-16/h5-6,8-13,15H,3-4,7,14H2,1-2H3,(H,26,27)(H2,28,29,30). The first-order valence-electron chi connectivity index (χ1n) is 10.4. The second kappa shape index (κ2) is 10.0. The van der Waals surface area contributed by atoms with E-state index >= 15 is 0 Å². The lowest BCUT2D eigenvalue weighted by Gasteiger charge is -2.33. The number of anilines is 1. The van der Waals surface area contributed by atoms with E-state index in [0.29, 0.717) is 41.3 Å². The Morgan fingerprint density at radius 3 is 2.28 bits per heavy atom. The van der Waals surface area contributed by atoms with Gasteiger partial charge in [0, 0.05) is 28.3 Å². The Labute approximate surface area is 191 Å². The lowest BCUT2D eigenvalue weighted by atomic mass is 9.92. The molecule has 2 aromatic carbocycles. The van der Waals surface area contributed by atoms with Crippen LogP contribution in [-0.4, -0.2) is 20.9 Å². The zero-order chi connectivity index (χ0) is 23.4. The van der Waals surface area contributed by atoms with Gasteiger partial charge in [0.2, 0.25) is 5.91 Å². The number of rotatable bonds is 9. The molecule has 1 aromatic heterocycles. The van der Waals surface area contributed by atoms with E-state index in [2.05, 4.69) is 10.5 Å². The van der Waals surface area contributed by atoms with E-state index in [1.165, 1.54) is 0 Å². The molecule has 0 aliphatic rings. The van der Waals surface area contributed by atoms with Gasteiger partial charge in [-0.2, -0.15) is 0 Å². The summed E-state index contributed by atoms with van der Waals surface area (Å²) < 4.78 is 17.5. The zero-order valence-corrected chi connectivity index (χ0v) is 19.6. The predicted molar refractivity (Wildman–Crippen MR) is 125 cm³/mol. The van der Waals surface area contributed by atoms with Crippen LogP contribution in [0.3, 0.4) is 0 Å². The summed E-state index contributed by atoms with van der Waals surface area (Å²) in [5, 5.41) is 6.07. The number of nitrogens with one attached hydrogen (secondary N) is 1. The second-order valence-corrected chi connectivity index (χ2v) is 9.98. The summed E-state index contributed by atoms with van der Waals surface area (Å²) in [6, 6.07) is 13.9. The first kappa shape index (κ1) is 24.2. The molecule has 32 heavy (non-hydrogen) atoms. The van der Waals surface area contributed by atoms with Gasteiger partial charge in [0.1, 0.15) is 0 Å². The van der Waals surface area contributed by atoms with Gasteiger partial charge in [-0.05, 0) is 61.2 Å². The van der Waals surface area contributed by atoms with Gasteiger partial charge in [-0.1, -0.05) is 42.7 Å². The number of halogens is 1. The van der Waals surface area contributed by atoms with Crippen molar-refractivity contribution in [1.29, 1.82) is 0 Å². The Hall–Kier alpha value is -2.44. The van der Waals surface area contributed by atoms with Crippen molar-refractivity contribution in [1.82, 2.24) is 5.16 Å². The van der Waals surface area contributed by atoms with Crippen LogP contribution in [0.1, 0.15) is 44.2 Å². The van der Waals surface area contributed by atoms with Crippen molar-refractivity contribution in [3.63, 3.8) is 0 Å². The summed E-state index contributed by atoms with van der Waals surface area (Å²) in [4.78, 5) is 32.2. The Kier molecular flexibility index (Phi) is 7.57. The summed E-state index contributed by atoms with van der Waals surface area (Å²) in [6.45, 7) is 3.53. The molecule has 3 rings (SSSR count). The van der Waals surface area contributed by atoms with Crippen LogP contribution in [-0.2, 0) is 20.9 Å². The number of nitrogens with zero attached hydrogens (tertiary/aromatic N) is 1. The van der Waals surface area contributed by atoms with E-state index < -0.39 is 12.8 Å². The minimum absolute atomic E-state index is 0.187. The molecule has 0 spiro atoms. The highest BCUT2D eigenvalue weighted by Gasteiger charge is 2.45. The van der Waals surface area contributed by atoms with Gasteiger partial charge < -0.3 is 19.6 Å². The van der Waals surface area contributed by atoms with E-state index in [-0.39, 0.29) is 12.3 Å². The van der Waals surface area contributed by atoms with E-state index in [9.17, 15) is 19.1 Å². The molecule has 0 unspecified atom stereocenters. The van der Waals surface area contributed by atoms with Crippen LogP contribution in [0.5, 0.6) is 0 Å². The lowest BCUT2D eigenvalue weighted by Crippen LogP contribution is -2.24. The van der Waals surface area contributed by atoms with Crippen LogP contribution in [0.25, 0.3) is 11.3 Å². The highest BCUT2D eigenvalue weighted by molar-refractivity contribution is 7.53. The Morgan fingerprint density at radius 2 is 1.72 bits per heavy atom. The van der Waals surface area contributed by atoms with Crippen LogP contribution in [0.15, 0.2) is 59.3 Å². The van der Waals surface area contributed by atoms with Crippen molar-refractivity contribution >= 4 is 30.8 Å². The van der Waals surface area contributed by atoms with Gasteiger partial charge >= 0.3 is 7.60 Å². The molecular weight excluding hydrogens is 451 g/mol. The molecule has 0 aliphatic carbocycles. The number of amides is 1. The minimum atomic E-state index is -4.35. The van der Waals surface area contributed by atoms with Gasteiger partial charge in [0.15, 0.2) is 5.76 Å². The van der Waals surface area contributed by atoms with Crippen LogP contribution in [0.4, 0.5) is 5.69 Å². The van der Waals surface area contributed by atoms with Crippen molar-refractivity contribution in [3.8, 4) is 11.3 Å². The molecule has 0 saturated heterocycles. The molecule has 9 heteroatoms. The Balaban J connectivity index is 1.65. The molecule has 1 amide bonds. The molecule has 3 aromatic rings. The maximum Gasteiger partial charge on any atom is 0.335 e. The summed E-state index contributed by atoms with van der Waals surface area (Å²) in [5.74, 6) is 0.417. The molecular formula is C23H26ClN2O5P. The molecule has 0 fully saturated rings. The summed E-state index contributed by atoms with van der Waals surface area (Å²) >= 11 is 5.93. The Morgan fingerprint density at radius 1 is 1.09 bits per heavy atom. The summed E-state index contributed by atoms with van der Waals surface area (Å²) in [6.07, 6.45) is 2.89. The number of hydrogen-bond donors (Lipinski definition) is 3. The highest BCUT2D eigenvalue weighted by atomic mass is 35.5. The molecule has 0 aliphatic heterocycles. The van der Waals surface area contributed by atoms with Crippen molar-refractivity contribution in [3.05, 3.63) is 70.9 Å². The molecule has 7 nitrogen and oxygen atoms in total. The average Bonchev–Trinajstić information content (AvgIpc) is 3.23. The molecule has 1 heterocycles. The van der Waals surface area contributed by atoms with Gasteiger partial charge in [-0.15, -0.1) is 0 Å². The van der Waals surface area contributed by atoms with Gasteiger partial charge in [0.25, 0.3) is 0 Å². The van der Waals surface area contributed by atoms with Crippen LogP contribution >= 0.6 is 19.2 Å². The quantitative estimate of drug-likeness (QED) is 0.338. The molecule has 0 saturated carbocycles. The van der Waals surface area contributed by atoms with Gasteiger partial charge in [-0.25, -0.2) is 0 Å². The summed E-state index contributed by atoms with van der Waals surface area (Å²) in [5.41, 5.74) is 2.77. The first-order chi connectivity index (χ1) is 15.2. The van der Waals surface area contributed by atoms with E-state index in [0.717, 1.165) is 11.1 Å². The first-order valence-corrected chi connectivity index (χ1v) is 12.3. The third kappa shape index (κ3) is 5.13. The SMILES string of the molecule is CCC(CC)(c1ccc(NC(=O)CCc2cnoc2-c2ccc(Cl)cc2)cc1)P(=O)(O)O. The normalized spacial score (nSPS) is 12.0. The van der Waals surface area contributed by atoms with Gasteiger partial charge in [-0.3, -0.25) is 9.36 Å². The molecule has 170 valence electrons. The molecule has 3 N–H and O–H groups in total. The third-order valence-electron chi connectivity index (χ3n) is 5.81. The second-order valence-electron chi connectivity index (χ2n) is 7.60. The number of carbonyl (C=O) groups excluding carboxylic acids is 1. The highest BCUT2D eigenvalue weighted by Crippen LogP contribution is 2.60. The molecule has 0 bridgehead atoms. The number of benzene rings is 2. The maximum absolute atomic E-state index is 12.4. The zero-order valence-electron chi connectivity index (χ0n) is 17.9. The number of aryl methyl sites for hydroxylation is 1. The fraction of sp³-hybridized carbons (Fsp3) is 0.304. The van der Waals surface area contributed by atoms with E-state index in [4.69, 9.17) is 16.1 Å². The maximum atomic E-state index is 12.4. The predicted octanol–water partition coefficient (Wildman–Crippen LogP) is 5.76.